The third-order valence-corrected chi connectivity index (χ3v) is 4.36. The number of carbonyl (C=O) groups excluding carboxylic acids is 1. The molecule has 2 rings (SSSR count). The van der Waals surface area contributed by atoms with Crippen molar-refractivity contribution in [2.75, 3.05) is 0 Å². The molecular formula is C13H24N2O. The summed E-state index contributed by atoms with van der Waals surface area (Å²) in [6, 6.07) is 0.332. The first-order chi connectivity index (χ1) is 7.59. The molecule has 0 heterocycles. The Balaban J connectivity index is 1.73. The highest BCUT2D eigenvalue weighted by molar-refractivity contribution is 5.77. The lowest BCUT2D eigenvalue weighted by molar-refractivity contribution is -0.123. The molecule has 0 aromatic carbocycles. The predicted molar refractivity (Wildman–Crippen MR) is 64.9 cm³/mol. The molecule has 2 aliphatic carbocycles. The zero-order valence-corrected chi connectivity index (χ0v) is 10.3. The van der Waals surface area contributed by atoms with Crippen molar-refractivity contribution in [2.45, 2.75) is 69.9 Å². The van der Waals surface area contributed by atoms with Crippen LogP contribution in [0.4, 0.5) is 0 Å². The Morgan fingerprint density at radius 2 is 2.00 bits per heavy atom. The van der Waals surface area contributed by atoms with Gasteiger partial charge >= 0.3 is 0 Å². The minimum Gasteiger partial charge on any atom is -0.353 e. The van der Waals surface area contributed by atoms with Gasteiger partial charge in [-0.05, 0) is 44.9 Å². The summed E-state index contributed by atoms with van der Waals surface area (Å²) in [5.41, 5.74) is 5.89. The lowest BCUT2D eigenvalue weighted by Crippen LogP contribution is -2.51. The molecule has 2 aliphatic rings. The summed E-state index contributed by atoms with van der Waals surface area (Å²) in [5, 5.41) is 3.13. The maximum Gasteiger partial charge on any atom is 0.222 e. The van der Waals surface area contributed by atoms with Crippen molar-refractivity contribution in [3.05, 3.63) is 0 Å². The molecule has 0 bridgehead atoms. The van der Waals surface area contributed by atoms with Gasteiger partial charge in [-0.25, -0.2) is 0 Å². The zero-order chi connectivity index (χ0) is 11.6. The van der Waals surface area contributed by atoms with Crippen LogP contribution in [0.5, 0.6) is 0 Å². The molecule has 3 N–H and O–H groups in total. The van der Waals surface area contributed by atoms with Gasteiger partial charge in [-0.2, -0.15) is 0 Å². The molecule has 0 aromatic heterocycles. The van der Waals surface area contributed by atoms with E-state index >= 15 is 0 Å². The zero-order valence-electron chi connectivity index (χ0n) is 10.3. The molecule has 3 nitrogen and oxygen atoms in total. The molecule has 2 saturated carbocycles. The van der Waals surface area contributed by atoms with E-state index in [-0.39, 0.29) is 11.4 Å². The standard InChI is InChI=1S/C13H24N2O/c1-10(11-5-2-3-6-11)15-12(16)9-13(14)7-4-8-13/h10-11H,2-9,14H2,1H3,(H,15,16). The summed E-state index contributed by atoms with van der Waals surface area (Å²) in [4.78, 5) is 11.8. The highest BCUT2D eigenvalue weighted by Crippen LogP contribution is 2.32. The molecule has 0 radical (unpaired) electrons. The van der Waals surface area contributed by atoms with Crippen LogP contribution < -0.4 is 11.1 Å². The molecule has 1 amide bonds. The minimum atomic E-state index is -0.181. The maximum atomic E-state index is 11.8. The number of hydrogen-bond acceptors (Lipinski definition) is 2. The maximum absolute atomic E-state index is 11.8. The van der Waals surface area contributed by atoms with Gasteiger partial charge in [0.2, 0.25) is 5.91 Å². The Hall–Kier alpha value is -0.570. The number of rotatable bonds is 4. The van der Waals surface area contributed by atoms with Crippen LogP contribution in [0.1, 0.15) is 58.3 Å². The van der Waals surface area contributed by atoms with Gasteiger partial charge in [-0.3, -0.25) is 4.79 Å². The molecule has 1 atom stereocenters. The van der Waals surface area contributed by atoms with E-state index in [1.54, 1.807) is 0 Å². The van der Waals surface area contributed by atoms with Crippen LogP contribution in [0.3, 0.4) is 0 Å². The first kappa shape index (κ1) is 11.9. The first-order valence-corrected chi connectivity index (χ1v) is 6.67. The van der Waals surface area contributed by atoms with E-state index in [1.807, 2.05) is 0 Å². The Morgan fingerprint density at radius 3 is 2.50 bits per heavy atom. The summed E-state index contributed by atoms with van der Waals surface area (Å²) in [7, 11) is 0. The lowest BCUT2D eigenvalue weighted by Gasteiger charge is -2.37. The third kappa shape index (κ3) is 2.76. The summed E-state index contributed by atoms with van der Waals surface area (Å²) in [5.74, 6) is 0.848. The fourth-order valence-electron chi connectivity index (χ4n) is 3.01. The normalized spacial score (nSPS) is 26.1. The Labute approximate surface area is 98.2 Å². The molecule has 0 aromatic rings. The van der Waals surface area contributed by atoms with Crippen LogP contribution in [0.15, 0.2) is 0 Å². The largest absolute Gasteiger partial charge is 0.353 e. The van der Waals surface area contributed by atoms with Crippen LogP contribution in [0.2, 0.25) is 0 Å². The number of carbonyl (C=O) groups is 1. The van der Waals surface area contributed by atoms with E-state index in [1.165, 1.54) is 32.1 Å². The molecule has 0 saturated heterocycles. The molecule has 2 fully saturated rings. The fourth-order valence-corrected chi connectivity index (χ4v) is 3.01. The molecule has 16 heavy (non-hydrogen) atoms. The van der Waals surface area contributed by atoms with Crippen molar-refractivity contribution in [1.82, 2.24) is 5.32 Å². The highest BCUT2D eigenvalue weighted by atomic mass is 16.1. The minimum absolute atomic E-state index is 0.154. The third-order valence-electron chi connectivity index (χ3n) is 4.36. The second-order valence-corrected chi connectivity index (χ2v) is 5.79. The summed E-state index contributed by atoms with van der Waals surface area (Å²) in [6.07, 6.45) is 8.92. The van der Waals surface area contributed by atoms with E-state index in [4.69, 9.17) is 5.73 Å². The number of nitrogens with two attached hydrogens (primary N) is 1. The van der Waals surface area contributed by atoms with Gasteiger partial charge < -0.3 is 11.1 Å². The summed E-state index contributed by atoms with van der Waals surface area (Å²) >= 11 is 0. The van der Waals surface area contributed by atoms with Crippen molar-refractivity contribution >= 4 is 5.91 Å². The van der Waals surface area contributed by atoms with Gasteiger partial charge in [-0.15, -0.1) is 0 Å². The van der Waals surface area contributed by atoms with Gasteiger partial charge in [0.15, 0.2) is 0 Å². The average Bonchev–Trinajstić information content (AvgIpc) is 2.67. The Bertz CT molecular complexity index is 255. The van der Waals surface area contributed by atoms with Gasteiger partial charge in [0.1, 0.15) is 0 Å². The van der Waals surface area contributed by atoms with Crippen molar-refractivity contribution in [2.24, 2.45) is 11.7 Å². The van der Waals surface area contributed by atoms with Crippen molar-refractivity contribution in [3.63, 3.8) is 0 Å². The van der Waals surface area contributed by atoms with Crippen LogP contribution in [-0.2, 0) is 4.79 Å². The van der Waals surface area contributed by atoms with E-state index in [0.717, 1.165) is 12.8 Å². The van der Waals surface area contributed by atoms with Gasteiger partial charge in [0.25, 0.3) is 0 Å². The smallest absolute Gasteiger partial charge is 0.222 e. The van der Waals surface area contributed by atoms with Gasteiger partial charge in [0.05, 0.1) is 0 Å². The second-order valence-electron chi connectivity index (χ2n) is 5.79. The Morgan fingerprint density at radius 1 is 1.38 bits per heavy atom. The number of hydrogen-bond donors (Lipinski definition) is 2. The molecule has 1 unspecified atom stereocenters. The predicted octanol–water partition coefficient (Wildman–Crippen LogP) is 1.95. The van der Waals surface area contributed by atoms with E-state index < -0.39 is 0 Å². The first-order valence-electron chi connectivity index (χ1n) is 6.67. The highest BCUT2D eigenvalue weighted by Gasteiger charge is 2.35. The van der Waals surface area contributed by atoms with Crippen molar-refractivity contribution in [1.29, 1.82) is 0 Å². The summed E-state index contributed by atoms with van der Waals surface area (Å²) in [6.45, 7) is 2.14. The Kier molecular flexibility index (Phi) is 3.53. The molecule has 3 heteroatoms. The van der Waals surface area contributed by atoms with Crippen LogP contribution in [0.25, 0.3) is 0 Å². The van der Waals surface area contributed by atoms with E-state index in [2.05, 4.69) is 12.2 Å². The van der Waals surface area contributed by atoms with Crippen LogP contribution in [0, 0.1) is 5.92 Å². The monoisotopic (exact) mass is 224 g/mol. The lowest BCUT2D eigenvalue weighted by atomic mass is 9.75. The van der Waals surface area contributed by atoms with Crippen LogP contribution in [-0.4, -0.2) is 17.5 Å². The second kappa shape index (κ2) is 4.74. The molecular weight excluding hydrogens is 200 g/mol. The SMILES string of the molecule is CC(NC(=O)CC1(N)CCC1)C1CCCC1. The van der Waals surface area contributed by atoms with Crippen molar-refractivity contribution < 1.29 is 4.79 Å². The van der Waals surface area contributed by atoms with Crippen molar-refractivity contribution in [3.8, 4) is 0 Å². The summed E-state index contributed by atoms with van der Waals surface area (Å²) < 4.78 is 0. The van der Waals surface area contributed by atoms with Gasteiger partial charge in [0, 0.05) is 18.0 Å². The quantitative estimate of drug-likeness (QED) is 0.767. The molecule has 0 aliphatic heterocycles. The average molecular weight is 224 g/mol. The molecule has 92 valence electrons. The fraction of sp³-hybridized carbons (Fsp3) is 0.923. The van der Waals surface area contributed by atoms with Crippen LogP contribution >= 0.6 is 0 Å². The molecule has 0 spiro atoms. The number of amides is 1. The topological polar surface area (TPSA) is 55.1 Å². The van der Waals surface area contributed by atoms with E-state index in [0.29, 0.717) is 18.4 Å². The van der Waals surface area contributed by atoms with E-state index in [9.17, 15) is 4.79 Å². The number of nitrogens with one attached hydrogen (secondary N) is 1. The van der Waals surface area contributed by atoms with Gasteiger partial charge in [-0.1, -0.05) is 12.8 Å².